The number of nitrogens with one attached hydrogen (secondary N) is 1. The number of benzene rings is 1. The van der Waals surface area contributed by atoms with E-state index in [1.54, 1.807) is 18.3 Å². The first kappa shape index (κ1) is 21.9. The summed E-state index contributed by atoms with van der Waals surface area (Å²) in [6.07, 6.45) is 7.66. The van der Waals surface area contributed by atoms with Gasteiger partial charge in [-0.15, -0.1) is 15.3 Å². The molecule has 2 saturated heterocycles. The molecule has 0 radical (unpaired) electrons. The van der Waals surface area contributed by atoms with Crippen molar-refractivity contribution in [3.63, 3.8) is 0 Å². The van der Waals surface area contributed by atoms with Gasteiger partial charge in [0.25, 0.3) is 5.82 Å². The van der Waals surface area contributed by atoms with Crippen LogP contribution in [0.4, 0.5) is 10.3 Å². The Morgan fingerprint density at radius 2 is 2.11 bits per heavy atom. The van der Waals surface area contributed by atoms with Gasteiger partial charge in [-0.2, -0.15) is 5.26 Å². The minimum atomic E-state index is -0.984. The minimum absolute atomic E-state index is 0.0256. The normalized spacial score (nSPS) is 27.9. The van der Waals surface area contributed by atoms with E-state index >= 15 is 4.39 Å². The molecule has 35 heavy (non-hydrogen) atoms. The Morgan fingerprint density at radius 1 is 1.26 bits per heavy atom. The van der Waals surface area contributed by atoms with E-state index in [1.165, 1.54) is 17.1 Å². The van der Waals surface area contributed by atoms with E-state index < -0.39 is 6.17 Å². The summed E-state index contributed by atoms with van der Waals surface area (Å²) < 4.78 is 17.0. The molecule has 0 spiro atoms. The molecule has 1 saturated carbocycles. The van der Waals surface area contributed by atoms with Crippen molar-refractivity contribution >= 4 is 5.95 Å². The molecule has 1 aromatic carbocycles. The Morgan fingerprint density at radius 3 is 2.80 bits per heavy atom. The summed E-state index contributed by atoms with van der Waals surface area (Å²) in [5.41, 5.74) is 1.36. The number of aromatic nitrogens is 6. The lowest BCUT2D eigenvalue weighted by Crippen LogP contribution is -2.67. The highest BCUT2D eigenvalue weighted by Crippen LogP contribution is 2.42. The topological polar surface area (TPSA) is 129 Å². The van der Waals surface area contributed by atoms with Gasteiger partial charge < -0.3 is 15.3 Å². The van der Waals surface area contributed by atoms with Gasteiger partial charge in [-0.1, -0.05) is 0 Å². The van der Waals surface area contributed by atoms with Gasteiger partial charge in [0, 0.05) is 29.3 Å². The van der Waals surface area contributed by atoms with Crippen LogP contribution in [0, 0.1) is 11.3 Å². The SMILES string of the molecule is C[C@@]12CCC[C@H](N1)[C@@H](F)[C@@H](N(c1ncc(-c3ccc(-n4cnc(C#N)n4)cc3O)nn1)C1CC1)C2. The van der Waals surface area contributed by atoms with Crippen LogP contribution >= 0.6 is 0 Å². The van der Waals surface area contributed by atoms with Gasteiger partial charge in [0.15, 0.2) is 0 Å². The van der Waals surface area contributed by atoms with Gasteiger partial charge in [-0.3, -0.25) is 0 Å². The van der Waals surface area contributed by atoms with E-state index in [4.69, 9.17) is 5.26 Å². The molecule has 2 aromatic heterocycles. The number of nitrogens with zero attached hydrogens (tertiary/aromatic N) is 8. The zero-order valence-electron chi connectivity index (χ0n) is 19.3. The predicted octanol–water partition coefficient (Wildman–Crippen LogP) is 2.68. The standard InChI is InChI=1S/C24H26FN9O/c1-24-8-2-3-17(29-24)22(25)19(10-24)34(14-4-5-14)23-27-12-18(30-31-23)16-7-6-15(9-20(16)35)33-13-28-21(11-26)32-33/h6-7,9,12-14,17,19,22,29,35H,2-5,8,10H2,1H3/t17-,19-,22+,24-/m0/s1. The smallest absolute Gasteiger partial charge is 0.252 e. The number of halogens is 1. The van der Waals surface area contributed by atoms with E-state index in [-0.39, 0.29) is 35.2 Å². The lowest BCUT2D eigenvalue weighted by Gasteiger charge is -2.52. The van der Waals surface area contributed by atoms with Crippen LogP contribution in [0.2, 0.25) is 0 Å². The van der Waals surface area contributed by atoms with Gasteiger partial charge in [-0.05, 0) is 57.6 Å². The summed E-state index contributed by atoms with van der Waals surface area (Å²) >= 11 is 0. The Hall–Kier alpha value is -3.65. The van der Waals surface area contributed by atoms with E-state index in [2.05, 4.69) is 42.4 Å². The Bertz CT molecular complexity index is 1280. The van der Waals surface area contributed by atoms with Crippen LogP contribution in [0.5, 0.6) is 5.75 Å². The molecular weight excluding hydrogens is 449 g/mol. The Labute approximate surface area is 201 Å². The van der Waals surface area contributed by atoms with Crippen LogP contribution in [0.25, 0.3) is 16.9 Å². The molecule has 0 unspecified atom stereocenters. The fraction of sp³-hybridized carbons (Fsp3) is 0.500. The highest BCUT2D eigenvalue weighted by Gasteiger charge is 2.50. The third kappa shape index (κ3) is 3.97. The third-order valence-corrected chi connectivity index (χ3v) is 7.38. The third-order valence-electron chi connectivity index (χ3n) is 7.38. The average Bonchev–Trinajstić information content (AvgIpc) is 3.57. The van der Waals surface area contributed by atoms with Gasteiger partial charge in [0.1, 0.15) is 30.0 Å². The van der Waals surface area contributed by atoms with E-state index in [0.29, 0.717) is 29.3 Å². The average molecular weight is 476 g/mol. The van der Waals surface area contributed by atoms with Crippen LogP contribution in [-0.4, -0.2) is 64.9 Å². The summed E-state index contributed by atoms with van der Waals surface area (Å²) in [5.74, 6) is 0.457. The summed E-state index contributed by atoms with van der Waals surface area (Å²) in [6, 6.07) is 6.64. The highest BCUT2D eigenvalue weighted by molar-refractivity contribution is 5.68. The summed E-state index contributed by atoms with van der Waals surface area (Å²) in [4.78, 5) is 10.5. The molecule has 11 heteroatoms. The molecule has 2 aliphatic heterocycles. The fourth-order valence-corrected chi connectivity index (χ4v) is 5.56. The van der Waals surface area contributed by atoms with Crippen molar-refractivity contribution in [3.05, 3.63) is 36.5 Å². The second-order valence-electron chi connectivity index (χ2n) is 10.0. The molecule has 4 heterocycles. The molecule has 3 fully saturated rings. The van der Waals surface area contributed by atoms with Gasteiger partial charge >= 0.3 is 0 Å². The maximum atomic E-state index is 15.6. The zero-order chi connectivity index (χ0) is 24.2. The van der Waals surface area contributed by atoms with Crippen molar-refractivity contribution in [2.24, 2.45) is 0 Å². The van der Waals surface area contributed by atoms with Crippen molar-refractivity contribution < 1.29 is 9.50 Å². The number of alkyl halides is 1. The predicted molar refractivity (Wildman–Crippen MR) is 125 cm³/mol. The van der Waals surface area contributed by atoms with Crippen molar-refractivity contribution in [1.82, 2.24) is 35.3 Å². The fourth-order valence-electron chi connectivity index (χ4n) is 5.56. The maximum absolute atomic E-state index is 15.6. The zero-order valence-corrected chi connectivity index (χ0v) is 19.3. The number of nitriles is 1. The molecule has 4 atom stereocenters. The first-order chi connectivity index (χ1) is 16.9. The summed E-state index contributed by atoms with van der Waals surface area (Å²) in [7, 11) is 0. The largest absolute Gasteiger partial charge is 0.507 e. The monoisotopic (exact) mass is 475 g/mol. The Balaban J connectivity index is 1.26. The van der Waals surface area contributed by atoms with Crippen molar-refractivity contribution in [2.75, 3.05) is 4.90 Å². The lowest BCUT2D eigenvalue weighted by molar-refractivity contribution is 0.0582. The van der Waals surface area contributed by atoms with Crippen LogP contribution < -0.4 is 10.2 Å². The van der Waals surface area contributed by atoms with E-state index in [1.807, 2.05) is 6.07 Å². The first-order valence-electron chi connectivity index (χ1n) is 12.0. The molecule has 10 nitrogen and oxygen atoms in total. The van der Waals surface area contributed by atoms with E-state index in [9.17, 15) is 5.11 Å². The number of hydrogen-bond acceptors (Lipinski definition) is 9. The molecule has 3 aliphatic rings. The molecule has 0 amide bonds. The number of fused-ring (bicyclic) bond motifs is 2. The number of piperidine rings is 2. The Kier molecular flexibility index (Phi) is 5.14. The molecule has 6 rings (SSSR count). The minimum Gasteiger partial charge on any atom is -0.507 e. The second kappa shape index (κ2) is 8.23. The van der Waals surface area contributed by atoms with Crippen LogP contribution in [0.3, 0.4) is 0 Å². The number of rotatable bonds is 5. The first-order valence-corrected chi connectivity index (χ1v) is 12.0. The number of anilines is 1. The van der Waals surface area contributed by atoms with Crippen LogP contribution in [0.1, 0.15) is 51.3 Å². The molecule has 2 bridgehead atoms. The quantitative estimate of drug-likeness (QED) is 0.572. The van der Waals surface area contributed by atoms with Crippen molar-refractivity contribution in [3.8, 4) is 28.8 Å². The molecule has 180 valence electrons. The number of aromatic hydroxyl groups is 1. The molecule has 3 aromatic rings. The maximum Gasteiger partial charge on any atom is 0.252 e. The molecular formula is C24H26FN9O. The summed E-state index contributed by atoms with van der Waals surface area (Å²) in [5, 5.41) is 35.8. The molecule has 1 aliphatic carbocycles. The number of phenolic OH excluding ortho intramolecular Hbond substituents is 1. The van der Waals surface area contributed by atoms with Crippen molar-refractivity contribution in [2.45, 2.75) is 75.3 Å². The number of hydrogen-bond donors (Lipinski definition) is 2. The summed E-state index contributed by atoms with van der Waals surface area (Å²) in [6.45, 7) is 2.19. The highest BCUT2D eigenvalue weighted by atomic mass is 19.1. The van der Waals surface area contributed by atoms with Crippen molar-refractivity contribution in [1.29, 1.82) is 5.26 Å². The second-order valence-corrected chi connectivity index (χ2v) is 10.0. The van der Waals surface area contributed by atoms with E-state index in [0.717, 1.165) is 32.1 Å². The van der Waals surface area contributed by atoms with Crippen LogP contribution in [0.15, 0.2) is 30.7 Å². The van der Waals surface area contributed by atoms with Crippen LogP contribution in [-0.2, 0) is 0 Å². The van der Waals surface area contributed by atoms with Gasteiger partial charge in [0.05, 0.1) is 17.9 Å². The number of phenols is 1. The lowest BCUT2D eigenvalue weighted by atomic mass is 9.74. The van der Waals surface area contributed by atoms with Gasteiger partial charge in [0.2, 0.25) is 5.95 Å². The molecule has 2 N–H and O–H groups in total. The van der Waals surface area contributed by atoms with Gasteiger partial charge in [-0.25, -0.2) is 19.0 Å².